The van der Waals surface area contributed by atoms with Crippen LogP contribution in [0.4, 0.5) is 0 Å². The monoisotopic (exact) mass is 538 g/mol. The van der Waals surface area contributed by atoms with E-state index in [1.54, 1.807) is 0 Å². The predicted octanol–water partition coefficient (Wildman–Crippen LogP) is 9.35. The molecule has 0 saturated carbocycles. The van der Waals surface area contributed by atoms with E-state index < -0.39 is 0 Å². The SMILES string of the molecule is CC1(C)OB(c2cccc(-c3cccc(-c4cccc(-c5cccc6c5sc5ccccc56)c4)c3)c2)OC1(C)C. The highest BCUT2D eigenvalue weighted by Crippen LogP contribution is 2.41. The maximum atomic E-state index is 6.32. The van der Waals surface area contributed by atoms with Gasteiger partial charge in [0.2, 0.25) is 0 Å². The Morgan fingerprint density at radius 3 is 1.75 bits per heavy atom. The second kappa shape index (κ2) is 9.45. The molecule has 7 rings (SSSR count). The third-order valence-corrected chi connectivity index (χ3v) is 9.74. The lowest BCUT2D eigenvalue weighted by atomic mass is 9.78. The van der Waals surface area contributed by atoms with E-state index in [2.05, 4.69) is 143 Å². The number of thiophene rings is 1. The van der Waals surface area contributed by atoms with E-state index in [1.165, 1.54) is 48.0 Å². The van der Waals surface area contributed by atoms with Crippen molar-refractivity contribution in [1.82, 2.24) is 0 Å². The zero-order chi connectivity index (χ0) is 27.5. The van der Waals surface area contributed by atoms with Gasteiger partial charge in [-0.25, -0.2) is 0 Å². The molecule has 196 valence electrons. The average Bonchev–Trinajstić information content (AvgIpc) is 3.46. The maximum absolute atomic E-state index is 6.32. The molecule has 5 aromatic carbocycles. The Bertz CT molecular complexity index is 1870. The first-order valence-corrected chi connectivity index (χ1v) is 14.7. The Balaban J connectivity index is 1.24. The van der Waals surface area contributed by atoms with Gasteiger partial charge in [-0.2, -0.15) is 0 Å². The van der Waals surface area contributed by atoms with E-state index in [4.69, 9.17) is 9.31 Å². The zero-order valence-electron chi connectivity index (χ0n) is 23.3. The van der Waals surface area contributed by atoms with Gasteiger partial charge < -0.3 is 9.31 Å². The summed E-state index contributed by atoms with van der Waals surface area (Å²) in [7, 11) is -0.374. The molecule has 1 aliphatic heterocycles. The van der Waals surface area contributed by atoms with Gasteiger partial charge in [-0.15, -0.1) is 11.3 Å². The molecule has 0 spiro atoms. The van der Waals surface area contributed by atoms with Crippen molar-refractivity contribution in [1.29, 1.82) is 0 Å². The van der Waals surface area contributed by atoms with Crippen LogP contribution in [0, 0.1) is 0 Å². The Hall–Kier alpha value is -3.70. The van der Waals surface area contributed by atoms with Crippen LogP contribution in [-0.4, -0.2) is 18.3 Å². The molecule has 4 heteroatoms. The summed E-state index contributed by atoms with van der Waals surface area (Å²) in [5.41, 5.74) is 7.57. The van der Waals surface area contributed by atoms with Gasteiger partial charge >= 0.3 is 7.12 Å². The first-order chi connectivity index (χ1) is 19.3. The normalized spacial score (nSPS) is 16.1. The average molecular weight is 539 g/mol. The fraction of sp³-hybridized carbons (Fsp3) is 0.167. The van der Waals surface area contributed by atoms with Crippen molar-refractivity contribution in [3.8, 4) is 33.4 Å². The summed E-state index contributed by atoms with van der Waals surface area (Å²) in [6.07, 6.45) is 0. The second-order valence-corrected chi connectivity index (χ2v) is 12.7. The van der Waals surface area contributed by atoms with Crippen LogP contribution in [0.5, 0.6) is 0 Å². The van der Waals surface area contributed by atoms with Crippen molar-refractivity contribution in [3.05, 3.63) is 115 Å². The first kappa shape index (κ1) is 25.3. The highest BCUT2D eigenvalue weighted by molar-refractivity contribution is 7.26. The van der Waals surface area contributed by atoms with Crippen molar-refractivity contribution >= 4 is 44.1 Å². The minimum atomic E-state index is -0.374. The summed E-state index contributed by atoms with van der Waals surface area (Å²) < 4.78 is 15.3. The molecule has 0 bridgehead atoms. The van der Waals surface area contributed by atoms with Gasteiger partial charge in [-0.05, 0) is 84.7 Å². The lowest BCUT2D eigenvalue weighted by Crippen LogP contribution is -2.41. The van der Waals surface area contributed by atoms with E-state index in [-0.39, 0.29) is 18.3 Å². The fourth-order valence-electron chi connectivity index (χ4n) is 5.56. The molecule has 0 amide bonds. The van der Waals surface area contributed by atoms with Crippen LogP contribution in [0.25, 0.3) is 53.6 Å². The lowest BCUT2D eigenvalue weighted by molar-refractivity contribution is 0.00578. The summed E-state index contributed by atoms with van der Waals surface area (Å²) in [6, 6.07) is 41.6. The summed E-state index contributed by atoms with van der Waals surface area (Å²) in [5.74, 6) is 0. The minimum Gasteiger partial charge on any atom is -0.399 e. The van der Waals surface area contributed by atoms with E-state index in [0.717, 1.165) is 11.0 Å². The third-order valence-electron chi connectivity index (χ3n) is 8.52. The molecule has 1 aromatic heterocycles. The number of fused-ring (bicyclic) bond motifs is 3. The largest absolute Gasteiger partial charge is 0.494 e. The van der Waals surface area contributed by atoms with E-state index in [0.29, 0.717) is 0 Å². The Kier molecular flexibility index (Phi) is 5.97. The van der Waals surface area contributed by atoms with Crippen molar-refractivity contribution in [2.75, 3.05) is 0 Å². The van der Waals surface area contributed by atoms with Crippen LogP contribution in [0.3, 0.4) is 0 Å². The molecule has 0 radical (unpaired) electrons. The van der Waals surface area contributed by atoms with Crippen molar-refractivity contribution in [2.45, 2.75) is 38.9 Å². The van der Waals surface area contributed by atoms with Gasteiger partial charge in [0.05, 0.1) is 11.2 Å². The molecular weight excluding hydrogens is 507 g/mol. The summed E-state index contributed by atoms with van der Waals surface area (Å²) in [5, 5.41) is 2.66. The zero-order valence-corrected chi connectivity index (χ0v) is 24.1. The lowest BCUT2D eigenvalue weighted by Gasteiger charge is -2.32. The van der Waals surface area contributed by atoms with E-state index >= 15 is 0 Å². The molecule has 2 nitrogen and oxygen atoms in total. The summed E-state index contributed by atoms with van der Waals surface area (Å²) >= 11 is 1.88. The maximum Gasteiger partial charge on any atom is 0.494 e. The van der Waals surface area contributed by atoms with E-state index in [9.17, 15) is 0 Å². The predicted molar refractivity (Wildman–Crippen MR) is 171 cm³/mol. The van der Waals surface area contributed by atoms with Gasteiger partial charge in [-0.1, -0.05) is 97.1 Å². The number of rotatable bonds is 4. The molecule has 0 N–H and O–H groups in total. The van der Waals surface area contributed by atoms with Crippen LogP contribution >= 0.6 is 11.3 Å². The smallest absolute Gasteiger partial charge is 0.399 e. The Morgan fingerprint density at radius 1 is 0.525 bits per heavy atom. The minimum absolute atomic E-state index is 0.362. The van der Waals surface area contributed by atoms with E-state index in [1.807, 2.05) is 11.3 Å². The standard InChI is InChI=1S/C36H31BO2S/c1-35(2)36(3,4)39-37(38-35)29-16-9-14-27(23-29)25-12-7-11-24(21-25)26-13-8-15-28(22-26)30-18-10-19-32-31-17-5-6-20-33(31)40-34(30)32/h5-23H,1-4H3. The number of hydrogen-bond acceptors (Lipinski definition) is 3. The number of hydrogen-bond donors (Lipinski definition) is 0. The van der Waals surface area contributed by atoms with Crippen molar-refractivity contribution < 1.29 is 9.31 Å². The van der Waals surface area contributed by atoms with Crippen molar-refractivity contribution in [2.24, 2.45) is 0 Å². The topological polar surface area (TPSA) is 18.5 Å². The highest BCUT2D eigenvalue weighted by atomic mass is 32.1. The van der Waals surface area contributed by atoms with Gasteiger partial charge in [0, 0.05) is 20.2 Å². The molecule has 1 fully saturated rings. The number of benzene rings is 5. The van der Waals surface area contributed by atoms with Gasteiger partial charge in [0.1, 0.15) is 0 Å². The first-order valence-electron chi connectivity index (χ1n) is 13.9. The van der Waals surface area contributed by atoms with Crippen molar-refractivity contribution in [3.63, 3.8) is 0 Å². The van der Waals surface area contributed by atoms with Gasteiger partial charge in [-0.3, -0.25) is 0 Å². The second-order valence-electron chi connectivity index (χ2n) is 11.7. The van der Waals surface area contributed by atoms with Crippen LogP contribution in [-0.2, 0) is 9.31 Å². The molecule has 6 aromatic rings. The van der Waals surface area contributed by atoms with Crippen LogP contribution in [0.15, 0.2) is 115 Å². The van der Waals surface area contributed by atoms with Gasteiger partial charge in [0.15, 0.2) is 0 Å². The molecule has 0 atom stereocenters. The van der Waals surface area contributed by atoms with Gasteiger partial charge in [0.25, 0.3) is 0 Å². The fourth-order valence-corrected chi connectivity index (χ4v) is 6.80. The Morgan fingerprint density at radius 2 is 1.05 bits per heavy atom. The molecule has 2 heterocycles. The highest BCUT2D eigenvalue weighted by Gasteiger charge is 2.51. The molecule has 1 aliphatic rings. The molecule has 0 aliphatic carbocycles. The summed E-state index contributed by atoms with van der Waals surface area (Å²) in [4.78, 5) is 0. The molecular formula is C36H31BO2S. The van der Waals surface area contributed by atoms with Crippen LogP contribution in [0.2, 0.25) is 0 Å². The Labute approximate surface area is 240 Å². The van der Waals surface area contributed by atoms with Crippen LogP contribution < -0.4 is 5.46 Å². The molecule has 40 heavy (non-hydrogen) atoms. The quantitative estimate of drug-likeness (QED) is 0.208. The third kappa shape index (κ3) is 4.28. The molecule has 1 saturated heterocycles. The van der Waals surface area contributed by atoms with Crippen LogP contribution in [0.1, 0.15) is 27.7 Å². The summed E-state index contributed by atoms with van der Waals surface area (Å²) in [6.45, 7) is 8.37. The molecule has 0 unspecified atom stereocenters.